The number of aromatic nitrogens is 4. The molecule has 0 aliphatic heterocycles. The van der Waals surface area contributed by atoms with Gasteiger partial charge in [0.1, 0.15) is 5.69 Å². The molecule has 2 aromatic carbocycles. The minimum Gasteiger partial charge on any atom is -0.478 e. The quantitative estimate of drug-likeness (QED) is 0.695. The maximum Gasteiger partial charge on any atom is 0.377 e. The summed E-state index contributed by atoms with van der Waals surface area (Å²) in [4.78, 5) is 36.7. The zero-order valence-corrected chi connectivity index (χ0v) is 13.7. The molecule has 0 unspecified atom stereocenters. The Kier molecular flexibility index (Phi) is 4.50. The predicted octanol–water partition coefficient (Wildman–Crippen LogP) is 1.51. The third-order valence-corrected chi connectivity index (χ3v) is 3.70. The van der Waals surface area contributed by atoms with Crippen LogP contribution in [0.5, 0.6) is 0 Å². The number of tetrazole rings is 1. The molecule has 0 atom stereocenters. The van der Waals surface area contributed by atoms with Gasteiger partial charge in [0, 0.05) is 12.7 Å². The second-order valence-corrected chi connectivity index (χ2v) is 5.35. The van der Waals surface area contributed by atoms with Gasteiger partial charge < -0.3 is 5.11 Å². The van der Waals surface area contributed by atoms with Gasteiger partial charge in [-0.15, -0.1) is 4.68 Å². The fourth-order valence-corrected chi connectivity index (χ4v) is 2.28. The van der Waals surface area contributed by atoms with E-state index in [9.17, 15) is 23.2 Å². The number of anilines is 1. The maximum atomic E-state index is 13.8. The van der Waals surface area contributed by atoms with Crippen molar-refractivity contribution in [1.29, 1.82) is 0 Å². The lowest BCUT2D eigenvalue weighted by Gasteiger charge is -2.15. The summed E-state index contributed by atoms with van der Waals surface area (Å²) in [7, 11) is 1.31. The van der Waals surface area contributed by atoms with Crippen molar-refractivity contribution in [1.82, 2.24) is 19.8 Å². The highest BCUT2D eigenvalue weighted by molar-refractivity contribution is 5.93. The van der Waals surface area contributed by atoms with Crippen LogP contribution in [0.3, 0.4) is 0 Å². The number of benzene rings is 2. The first-order valence-corrected chi connectivity index (χ1v) is 7.42. The van der Waals surface area contributed by atoms with Crippen molar-refractivity contribution in [2.45, 2.75) is 0 Å². The molecule has 138 valence electrons. The van der Waals surface area contributed by atoms with Crippen LogP contribution in [0.15, 0.2) is 47.3 Å². The van der Waals surface area contributed by atoms with Crippen molar-refractivity contribution in [3.63, 3.8) is 0 Å². The molecule has 0 spiro atoms. The summed E-state index contributed by atoms with van der Waals surface area (Å²) in [6.45, 7) is 0. The minimum atomic E-state index is -1.17. The van der Waals surface area contributed by atoms with E-state index < -0.39 is 35.0 Å². The Hall–Kier alpha value is -3.89. The van der Waals surface area contributed by atoms with E-state index >= 15 is 0 Å². The Morgan fingerprint density at radius 1 is 1.04 bits per heavy atom. The van der Waals surface area contributed by atoms with E-state index in [-0.39, 0.29) is 11.3 Å². The van der Waals surface area contributed by atoms with Gasteiger partial charge in [-0.2, -0.15) is 4.68 Å². The molecule has 1 heterocycles. The lowest BCUT2D eigenvalue weighted by molar-refractivity contribution is 0.0697. The SMILES string of the molecule is CN(C(=O)n1nnn(-c2c(F)cccc2F)c1=O)c1ccc(C(=O)O)cc1. The molecule has 9 nitrogen and oxygen atoms in total. The number of aromatic carboxylic acids is 1. The van der Waals surface area contributed by atoms with Crippen LogP contribution in [-0.4, -0.2) is 43.9 Å². The molecule has 27 heavy (non-hydrogen) atoms. The second-order valence-electron chi connectivity index (χ2n) is 5.35. The van der Waals surface area contributed by atoms with E-state index in [1.54, 1.807) is 0 Å². The highest BCUT2D eigenvalue weighted by Gasteiger charge is 2.23. The first kappa shape index (κ1) is 17.9. The zero-order valence-electron chi connectivity index (χ0n) is 13.7. The summed E-state index contributed by atoms with van der Waals surface area (Å²) in [6.07, 6.45) is 0. The van der Waals surface area contributed by atoms with Crippen molar-refractivity contribution >= 4 is 17.7 Å². The van der Waals surface area contributed by atoms with Crippen LogP contribution in [0.2, 0.25) is 0 Å². The number of hydrogen-bond donors (Lipinski definition) is 1. The largest absolute Gasteiger partial charge is 0.478 e. The molecule has 3 rings (SSSR count). The smallest absolute Gasteiger partial charge is 0.377 e. The Balaban J connectivity index is 1.95. The average molecular weight is 375 g/mol. The molecule has 1 N–H and O–H groups in total. The average Bonchev–Trinajstić information content (AvgIpc) is 3.02. The summed E-state index contributed by atoms with van der Waals surface area (Å²) < 4.78 is 28.3. The molecule has 0 aliphatic carbocycles. The lowest BCUT2D eigenvalue weighted by atomic mass is 10.2. The standard InChI is InChI=1S/C16H11F2N5O4/c1-21(10-7-5-9(6-8-10)14(24)25)15(26)23-16(27)22(19-20-23)13-11(17)3-2-4-12(13)18/h2-8H,1H3,(H,24,25). The normalized spacial score (nSPS) is 10.6. The molecular formula is C16H11F2N5O4. The van der Waals surface area contributed by atoms with Crippen LogP contribution >= 0.6 is 0 Å². The van der Waals surface area contributed by atoms with Crippen LogP contribution in [-0.2, 0) is 0 Å². The van der Waals surface area contributed by atoms with Gasteiger partial charge in [-0.3, -0.25) is 4.90 Å². The second kappa shape index (κ2) is 6.78. The fraction of sp³-hybridized carbons (Fsp3) is 0.0625. The summed E-state index contributed by atoms with van der Waals surface area (Å²) >= 11 is 0. The van der Waals surface area contributed by atoms with E-state index in [0.717, 1.165) is 23.1 Å². The molecule has 1 amide bonds. The number of carbonyl (C=O) groups is 2. The zero-order chi connectivity index (χ0) is 19.7. The molecular weight excluding hydrogens is 364 g/mol. The van der Waals surface area contributed by atoms with Crippen LogP contribution < -0.4 is 10.6 Å². The van der Waals surface area contributed by atoms with Crippen LogP contribution in [0.4, 0.5) is 19.3 Å². The highest BCUT2D eigenvalue weighted by atomic mass is 19.1. The first-order chi connectivity index (χ1) is 12.8. The van der Waals surface area contributed by atoms with Crippen molar-refractivity contribution in [3.8, 4) is 5.69 Å². The third-order valence-electron chi connectivity index (χ3n) is 3.70. The number of hydrogen-bond acceptors (Lipinski definition) is 5. The van der Waals surface area contributed by atoms with Crippen molar-refractivity contribution < 1.29 is 23.5 Å². The summed E-state index contributed by atoms with van der Waals surface area (Å²) in [5.74, 6) is -3.23. The third kappa shape index (κ3) is 3.17. The number of rotatable bonds is 3. The molecule has 0 aliphatic rings. The monoisotopic (exact) mass is 375 g/mol. The van der Waals surface area contributed by atoms with Crippen LogP contribution in [0.1, 0.15) is 10.4 Å². The molecule has 1 aromatic heterocycles. The molecule has 0 fully saturated rings. The Labute approximate surface area is 149 Å². The van der Waals surface area contributed by atoms with Gasteiger partial charge in [0.05, 0.1) is 5.56 Å². The molecule has 0 bridgehead atoms. The van der Waals surface area contributed by atoms with Gasteiger partial charge in [0.2, 0.25) is 0 Å². The number of carboxylic acids is 1. The summed E-state index contributed by atoms with van der Waals surface area (Å²) in [6, 6.07) is 7.28. The van der Waals surface area contributed by atoms with Gasteiger partial charge in [-0.1, -0.05) is 6.07 Å². The topological polar surface area (TPSA) is 110 Å². The Bertz CT molecular complexity index is 1070. The van der Waals surface area contributed by atoms with Gasteiger partial charge in [-0.05, 0) is 46.8 Å². The van der Waals surface area contributed by atoms with Crippen LogP contribution in [0, 0.1) is 11.6 Å². The van der Waals surface area contributed by atoms with E-state index in [2.05, 4.69) is 10.4 Å². The molecule has 11 heteroatoms. The van der Waals surface area contributed by atoms with Crippen molar-refractivity contribution in [3.05, 3.63) is 70.1 Å². The Morgan fingerprint density at radius 3 is 2.19 bits per heavy atom. The van der Waals surface area contributed by atoms with E-state index in [1.165, 1.54) is 31.3 Å². The summed E-state index contributed by atoms with van der Waals surface area (Å²) in [5, 5.41) is 15.6. The fourth-order valence-electron chi connectivity index (χ4n) is 2.28. The molecule has 0 saturated heterocycles. The molecule has 0 saturated carbocycles. The van der Waals surface area contributed by atoms with E-state index in [4.69, 9.17) is 5.11 Å². The number of carbonyl (C=O) groups excluding carboxylic acids is 1. The van der Waals surface area contributed by atoms with Crippen molar-refractivity contribution in [2.24, 2.45) is 0 Å². The number of carboxylic acid groups (broad SMARTS) is 1. The minimum absolute atomic E-state index is 0.0118. The van der Waals surface area contributed by atoms with Gasteiger partial charge in [-0.25, -0.2) is 23.2 Å². The number of halogens is 2. The van der Waals surface area contributed by atoms with E-state index in [0.29, 0.717) is 9.36 Å². The van der Waals surface area contributed by atoms with Crippen molar-refractivity contribution in [2.75, 3.05) is 11.9 Å². The summed E-state index contributed by atoms with van der Waals surface area (Å²) in [5.41, 5.74) is -1.64. The van der Waals surface area contributed by atoms with Gasteiger partial charge in [0.25, 0.3) is 0 Å². The van der Waals surface area contributed by atoms with Crippen LogP contribution in [0.25, 0.3) is 5.69 Å². The molecule has 0 radical (unpaired) electrons. The van der Waals surface area contributed by atoms with Gasteiger partial charge >= 0.3 is 17.7 Å². The number of amides is 1. The van der Waals surface area contributed by atoms with E-state index in [1.807, 2.05) is 0 Å². The highest BCUT2D eigenvalue weighted by Crippen LogP contribution is 2.16. The Morgan fingerprint density at radius 2 is 1.63 bits per heavy atom. The number of nitrogens with zero attached hydrogens (tertiary/aromatic N) is 5. The number of para-hydroxylation sites is 1. The maximum absolute atomic E-state index is 13.8. The lowest BCUT2D eigenvalue weighted by Crippen LogP contribution is -2.39. The predicted molar refractivity (Wildman–Crippen MR) is 88.1 cm³/mol. The molecule has 3 aromatic rings. The van der Waals surface area contributed by atoms with Gasteiger partial charge in [0.15, 0.2) is 11.6 Å². The first-order valence-electron chi connectivity index (χ1n) is 7.42.